The van der Waals surface area contributed by atoms with Gasteiger partial charge in [0.05, 0.1) is 11.1 Å². The minimum absolute atomic E-state index is 0.0710. The van der Waals surface area contributed by atoms with Crippen molar-refractivity contribution in [2.75, 3.05) is 5.32 Å². The van der Waals surface area contributed by atoms with Gasteiger partial charge in [-0.25, -0.2) is 0 Å². The lowest BCUT2D eigenvalue weighted by molar-refractivity contribution is 0.0939. The Kier molecular flexibility index (Phi) is 5.87. The maximum Gasteiger partial charge on any atom is 0.257 e. The van der Waals surface area contributed by atoms with Crippen LogP contribution in [0.4, 0.5) is 5.69 Å². The number of nitrogens with zero attached hydrogens (tertiary/aromatic N) is 1. The molecule has 2 rings (SSSR count). The van der Waals surface area contributed by atoms with Crippen molar-refractivity contribution >= 4 is 33.4 Å². The lowest BCUT2D eigenvalue weighted by Gasteiger charge is -2.11. The predicted molar refractivity (Wildman–Crippen MR) is 93.6 cm³/mol. The molecule has 1 atom stereocenters. The van der Waals surface area contributed by atoms with Gasteiger partial charge in [-0.2, -0.15) is 0 Å². The summed E-state index contributed by atoms with van der Waals surface area (Å²) >= 11 is 3.35. The summed E-state index contributed by atoms with van der Waals surface area (Å²) in [6.45, 7) is 3.92. The first-order valence-electron chi connectivity index (χ1n) is 7.32. The zero-order valence-corrected chi connectivity index (χ0v) is 14.6. The van der Waals surface area contributed by atoms with Gasteiger partial charge in [-0.3, -0.25) is 14.6 Å². The van der Waals surface area contributed by atoms with Crippen LogP contribution in [0.5, 0.6) is 0 Å². The maximum atomic E-state index is 12.3. The Hall–Kier alpha value is -2.21. The largest absolute Gasteiger partial charge is 0.350 e. The van der Waals surface area contributed by atoms with E-state index in [1.165, 1.54) is 18.5 Å². The second-order valence-corrected chi connectivity index (χ2v) is 6.13. The molecule has 0 aliphatic carbocycles. The highest BCUT2D eigenvalue weighted by molar-refractivity contribution is 9.10. The van der Waals surface area contributed by atoms with Crippen LogP contribution in [0.1, 0.15) is 41.0 Å². The molecule has 0 bridgehead atoms. The third kappa shape index (κ3) is 4.89. The fraction of sp³-hybridized carbons (Fsp3) is 0.235. The summed E-state index contributed by atoms with van der Waals surface area (Å²) in [5, 5.41) is 5.63. The Morgan fingerprint density at radius 1 is 1.17 bits per heavy atom. The van der Waals surface area contributed by atoms with Crippen LogP contribution >= 0.6 is 15.9 Å². The molecule has 1 unspecified atom stereocenters. The van der Waals surface area contributed by atoms with Crippen molar-refractivity contribution in [3.05, 3.63) is 58.3 Å². The minimum atomic E-state index is -0.311. The average Bonchev–Trinajstić information content (AvgIpc) is 2.54. The SMILES string of the molecule is CCC(C)NC(=O)c1cncc(C(=O)Nc2cccc(Br)c2)c1. The molecule has 1 aromatic carbocycles. The Labute approximate surface area is 143 Å². The van der Waals surface area contributed by atoms with Crippen molar-refractivity contribution in [1.82, 2.24) is 10.3 Å². The van der Waals surface area contributed by atoms with E-state index >= 15 is 0 Å². The molecular formula is C17H18BrN3O2. The second-order valence-electron chi connectivity index (χ2n) is 5.21. The number of hydrogen-bond acceptors (Lipinski definition) is 3. The highest BCUT2D eigenvalue weighted by atomic mass is 79.9. The molecule has 120 valence electrons. The zero-order valence-electron chi connectivity index (χ0n) is 13.0. The van der Waals surface area contributed by atoms with Gasteiger partial charge in [0.15, 0.2) is 0 Å². The number of carbonyl (C=O) groups is 2. The maximum absolute atomic E-state index is 12.3. The third-order valence-corrected chi connectivity index (χ3v) is 3.83. The number of benzene rings is 1. The number of rotatable bonds is 5. The van der Waals surface area contributed by atoms with E-state index < -0.39 is 0 Å². The van der Waals surface area contributed by atoms with Crippen LogP contribution in [-0.2, 0) is 0 Å². The lowest BCUT2D eigenvalue weighted by Crippen LogP contribution is -2.32. The van der Waals surface area contributed by atoms with Crippen LogP contribution in [0.15, 0.2) is 47.2 Å². The number of aromatic nitrogens is 1. The molecule has 0 spiro atoms. The molecule has 0 aliphatic heterocycles. The van der Waals surface area contributed by atoms with Crippen LogP contribution in [0.25, 0.3) is 0 Å². The van der Waals surface area contributed by atoms with E-state index in [1.807, 2.05) is 26.0 Å². The number of nitrogens with one attached hydrogen (secondary N) is 2. The van der Waals surface area contributed by atoms with Gasteiger partial charge in [-0.1, -0.05) is 28.9 Å². The molecule has 0 aliphatic rings. The van der Waals surface area contributed by atoms with Crippen LogP contribution in [-0.4, -0.2) is 22.8 Å². The number of amides is 2. The topological polar surface area (TPSA) is 71.1 Å². The van der Waals surface area contributed by atoms with E-state index in [0.717, 1.165) is 10.9 Å². The molecule has 1 aromatic heterocycles. The first-order chi connectivity index (χ1) is 11.0. The molecule has 2 N–H and O–H groups in total. The Morgan fingerprint density at radius 3 is 2.52 bits per heavy atom. The zero-order chi connectivity index (χ0) is 16.8. The average molecular weight is 376 g/mol. The molecule has 2 aromatic rings. The predicted octanol–water partition coefficient (Wildman–Crippen LogP) is 3.62. The highest BCUT2D eigenvalue weighted by Gasteiger charge is 2.13. The second kappa shape index (κ2) is 7.87. The summed E-state index contributed by atoms with van der Waals surface area (Å²) < 4.78 is 0.870. The molecule has 0 saturated heterocycles. The molecular weight excluding hydrogens is 358 g/mol. The van der Waals surface area contributed by atoms with Gasteiger partial charge < -0.3 is 10.6 Å². The number of carbonyl (C=O) groups excluding carboxylic acids is 2. The van der Waals surface area contributed by atoms with Crippen LogP contribution in [0.3, 0.4) is 0 Å². The summed E-state index contributed by atoms with van der Waals surface area (Å²) in [5.41, 5.74) is 1.37. The molecule has 0 radical (unpaired) electrons. The van der Waals surface area contributed by atoms with E-state index in [-0.39, 0.29) is 17.9 Å². The summed E-state index contributed by atoms with van der Waals surface area (Å²) in [7, 11) is 0. The fourth-order valence-electron chi connectivity index (χ4n) is 1.87. The highest BCUT2D eigenvalue weighted by Crippen LogP contribution is 2.16. The van der Waals surface area contributed by atoms with Crippen LogP contribution in [0, 0.1) is 0 Å². The van der Waals surface area contributed by atoms with Crippen LogP contribution < -0.4 is 10.6 Å². The lowest BCUT2D eigenvalue weighted by atomic mass is 10.1. The third-order valence-electron chi connectivity index (χ3n) is 3.33. The Balaban J connectivity index is 2.12. The molecule has 23 heavy (non-hydrogen) atoms. The monoisotopic (exact) mass is 375 g/mol. The van der Waals surface area contributed by atoms with Crippen molar-refractivity contribution in [2.24, 2.45) is 0 Å². The van der Waals surface area contributed by atoms with Crippen molar-refractivity contribution in [1.29, 1.82) is 0 Å². The standard InChI is InChI=1S/C17H18BrN3O2/c1-3-11(2)20-16(22)12-7-13(10-19-9-12)17(23)21-15-6-4-5-14(18)8-15/h4-11H,3H2,1-2H3,(H,20,22)(H,21,23). The number of anilines is 1. The first-order valence-corrected chi connectivity index (χ1v) is 8.11. The van der Waals surface area contributed by atoms with Gasteiger partial charge in [0, 0.05) is 28.6 Å². The number of halogens is 1. The van der Waals surface area contributed by atoms with Gasteiger partial charge >= 0.3 is 0 Å². The summed E-state index contributed by atoms with van der Waals surface area (Å²) in [5.74, 6) is -0.544. The number of hydrogen-bond donors (Lipinski definition) is 2. The Bertz CT molecular complexity index is 718. The fourth-order valence-corrected chi connectivity index (χ4v) is 2.27. The first kappa shape index (κ1) is 17.1. The molecule has 1 heterocycles. The van der Waals surface area contributed by atoms with Gasteiger partial charge in [0.25, 0.3) is 11.8 Å². The van der Waals surface area contributed by atoms with Gasteiger partial charge in [-0.05, 0) is 37.6 Å². The summed E-state index contributed by atoms with van der Waals surface area (Å²) in [6.07, 6.45) is 3.73. The minimum Gasteiger partial charge on any atom is -0.350 e. The van der Waals surface area contributed by atoms with Crippen LogP contribution in [0.2, 0.25) is 0 Å². The van der Waals surface area contributed by atoms with Gasteiger partial charge in [0.2, 0.25) is 0 Å². The molecule has 0 fully saturated rings. The molecule has 2 amide bonds. The Morgan fingerprint density at radius 2 is 1.87 bits per heavy atom. The molecule has 5 nitrogen and oxygen atoms in total. The van der Waals surface area contributed by atoms with Crippen molar-refractivity contribution in [3.8, 4) is 0 Å². The quantitative estimate of drug-likeness (QED) is 0.837. The van der Waals surface area contributed by atoms with E-state index in [0.29, 0.717) is 16.8 Å². The van der Waals surface area contributed by atoms with Gasteiger partial charge in [0.1, 0.15) is 0 Å². The summed E-state index contributed by atoms with van der Waals surface area (Å²) in [4.78, 5) is 28.4. The smallest absolute Gasteiger partial charge is 0.257 e. The van der Waals surface area contributed by atoms with Crippen molar-refractivity contribution < 1.29 is 9.59 Å². The van der Waals surface area contributed by atoms with Crippen molar-refractivity contribution in [3.63, 3.8) is 0 Å². The molecule has 0 saturated carbocycles. The summed E-state index contributed by atoms with van der Waals surface area (Å²) in [6, 6.07) is 8.89. The van der Waals surface area contributed by atoms with E-state index in [1.54, 1.807) is 12.1 Å². The van der Waals surface area contributed by atoms with E-state index in [2.05, 4.69) is 31.5 Å². The van der Waals surface area contributed by atoms with Gasteiger partial charge in [-0.15, -0.1) is 0 Å². The van der Waals surface area contributed by atoms with Crippen molar-refractivity contribution in [2.45, 2.75) is 26.3 Å². The van der Waals surface area contributed by atoms with E-state index in [4.69, 9.17) is 0 Å². The number of pyridine rings is 1. The molecule has 6 heteroatoms. The van der Waals surface area contributed by atoms with E-state index in [9.17, 15) is 9.59 Å². The normalized spacial score (nSPS) is 11.6.